The van der Waals surface area contributed by atoms with Gasteiger partial charge in [-0.25, -0.2) is 0 Å². The molecule has 1 nitrogen and oxygen atoms in total. The van der Waals surface area contributed by atoms with Crippen LogP contribution in [-0.2, 0) is 4.74 Å². The number of rotatable bonds is 2. The number of ether oxygens (including phenoxy) is 1. The summed E-state index contributed by atoms with van der Waals surface area (Å²) in [6, 6.07) is 10.0. The predicted molar refractivity (Wildman–Crippen MR) is 59.0 cm³/mol. The van der Waals surface area contributed by atoms with Crippen molar-refractivity contribution in [3.63, 3.8) is 0 Å². The topological polar surface area (TPSA) is 9.23 Å². The lowest BCUT2D eigenvalue weighted by Crippen LogP contribution is -2.14. The zero-order chi connectivity index (χ0) is 10.4. The second kappa shape index (κ2) is 5.47. The van der Waals surface area contributed by atoms with E-state index in [9.17, 15) is 0 Å². The second-order valence-electron chi connectivity index (χ2n) is 3.36. The van der Waals surface area contributed by atoms with Crippen molar-refractivity contribution in [2.45, 2.75) is 20.0 Å². The molecule has 1 aromatic rings. The van der Waals surface area contributed by atoms with Crippen molar-refractivity contribution in [2.75, 3.05) is 7.11 Å². The van der Waals surface area contributed by atoms with E-state index >= 15 is 0 Å². The van der Waals surface area contributed by atoms with Gasteiger partial charge in [0.25, 0.3) is 0 Å². The Bertz CT molecular complexity index is 318. The first-order chi connectivity index (χ1) is 6.74. The lowest BCUT2D eigenvalue weighted by molar-refractivity contribution is 0.0928. The van der Waals surface area contributed by atoms with Gasteiger partial charge in [0.05, 0.1) is 6.10 Å². The molecule has 0 heterocycles. The van der Waals surface area contributed by atoms with Gasteiger partial charge in [-0.3, -0.25) is 0 Å². The van der Waals surface area contributed by atoms with Gasteiger partial charge in [0.1, 0.15) is 0 Å². The molecule has 0 fully saturated rings. The Morgan fingerprint density at radius 3 is 2.36 bits per heavy atom. The van der Waals surface area contributed by atoms with Gasteiger partial charge in [0.2, 0.25) is 0 Å². The van der Waals surface area contributed by atoms with E-state index in [-0.39, 0.29) is 12.0 Å². The Morgan fingerprint density at radius 2 is 1.79 bits per heavy atom. The molecule has 1 heteroatoms. The highest BCUT2D eigenvalue weighted by Gasteiger charge is 2.06. The van der Waals surface area contributed by atoms with Gasteiger partial charge in [-0.1, -0.05) is 30.0 Å². The third-order valence-electron chi connectivity index (χ3n) is 2.29. The van der Waals surface area contributed by atoms with Crippen molar-refractivity contribution >= 4 is 0 Å². The maximum Gasteiger partial charge on any atom is 0.0678 e. The molecule has 1 aromatic carbocycles. The molecule has 0 spiro atoms. The molecule has 0 aromatic heterocycles. The molecule has 0 saturated carbocycles. The van der Waals surface area contributed by atoms with E-state index in [4.69, 9.17) is 4.74 Å². The van der Waals surface area contributed by atoms with E-state index in [0.29, 0.717) is 0 Å². The van der Waals surface area contributed by atoms with Crippen LogP contribution in [0.4, 0.5) is 0 Å². The molecule has 0 aliphatic heterocycles. The third-order valence-corrected chi connectivity index (χ3v) is 2.29. The van der Waals surface area contributed by atoms with Crippen LogP contribution in [0.2, 0.25) is 0 Å². The van der Waals surface area contributed by atoms with Gasteiger partial charge in [-0.15, -0.1) is 0 Å². The SMILES string of the molecule is CO[C@@H](C)[C@@H](C)C#Cc1ccccc1. The zero-order valence-corrected chi connectivity index (χ0v) is 8.95. The molecular formula is C13H16O. The summed E-state index contributed by atoms with van der Waals surface area (Å²) in [4.78, 5) is 0. The van der Waals surface area contributed by atoms with Gasteiger partial charge in [0.15, 0.2) is 0 Å². The summed E-state index contributed by atoms with van der Waals surface area (Å²) in [5, 5.41) is 0. The zero-order valence-electron chi connectivity index (χ0n) is 8.95. The quantitative estimate of drug-likeness (QED) is 0.648. The summed E-state index contributed by atoms with van der Waals surface area (Å²) < 4.78 is 5.20. The molecule has 0 radical (unpaired) electrons. The first-order valence-electron chi connectivity index (χ1n) is 4.83. The van der Waals surface area contributed by atoms with E-state index < -0.39 is 0 Å². The molecule has 14 heavy (non-hydrogen) atoms. The predicted octanol–water partition coefficient (Wildman–Crippen LogP) is 2.71. The molecule has 2 atom stereocenters. The Labute approximate surface area is 86.1 Å². The fourth-order valence-electron chi connectivity index (χ4n) is 1.04. The van der Waals surface area contributed by atoms with E-state index in [2.05, 4.69) is 18.8 Å². The van der Waals surface area contributed by atoms with E-state index in [1.165, 1.54) is 0 Å². The molecule has 0 unspecified atom stereocenters. The minimum atomic E-state index is 0.186. The smallest absolute Gasteiger partial charge is 0.0678 e. The molecule has 0 aliphatic carbocycles. The van der Waals surface area contributed by atoms with Gasteiger partial charge in [-0.2, -0.15) is 0 Å². The minimum absolute atomic E-state index is 0.186. The molecule has 74 valence electrons. The average molecular weight is 188 g/mol. The van der Waals surface area contributed by atoms with Gasteiger partial charge >= 0.3 is 0 Å². The van der Waals surface area contributed by atoms with Crippen molar-refractivity contribution in [1.29, 1.82) is 0 Å². The Balaban J connectivity index is 2.64. The van der Waals surface area contributed by atoms with Gasteiger partial charge in [0, 0.05) is 18.6 Å². The highest BCUT2D eigenvalue weighted by molar-refractivity contribution is 5.34. The summed E-state index contributed by atoms with van der Waals surface area (Å²) in [7, 11) is 1.71. The van der Waals surface area contributed by atoms with Crippen LogP contribution in [0.15, 0.2) is 30.3 Å². The van der Waals surface area contributed by atoms with E-state index in [1.807, 2.05) is 37.3 Å². The first kappa shape index (κ1) is 10.8. The molecule has 0 amide bonds. The Hall–Kier alpha value is -1.26. The Morgan fingerprint density at radius 1 is 1.14 bits per heavy atom. The van der Waals surface area contributed by atoms with Crippen LogP contribution < -0.4 is 0 Å². The molecule has 0 aliphatic rings. The van der Waals surface area contributed by atoms with E-state index in [0.717, 1.165) is 5.56 Å². The van der Waals surface area contributed by atoms with Crippen LogP contribution in [0.25, 0.3) is 0 Å². The lowest BCUT2D eigenvalue weighted by Gasteiger charge is -2.11. The van der Waals surface area contributed by atoms with Crippen molar-refractivity contribution < 1.29 is 4.74 Å². The normalized spacial score (nSPS) is 13.9. The highest BCUT2D eigenvalue weighted by atomic mass is 16.5. The second-order valence-corrected chi connectivity index (χ2v) is 3.36. The number of methoxy groups -OCH3 is 1. The fraction of sp³-hybridized carbons (Fsp3) is 0.385. The Kier molecular flexibility index (Phi) is 4.22. The molecule has 0 saturated heterocycles. The monoisotopic (exact) mass is 188 g/mol. The van der Waals surface area contributed by atoms with Crippen molar-refractivity contribution in [3.05, 3.63) is 35.9 Å². The lowest BCUT2D eigenvalue weighted by atomic mass is 10.1. The summed E-state index contributed by atoms with van der Waals surface area (Å²) >= 11 is 0. The molecule has 0 N–H and O–H groups in total. The standard InChI is InChI=1S/C13H16O/c1-11(12(2)14-3)9-10-13-7-5-4-6-8-13/h4-8,11-12H,1-3H3/t11-,12-/m0/s1. The van der Waals surface area contributed by atoms with Gasteiger partial charge in [-0.05, 0) is 26.0 Å². The largest absolute Gasteiger partial charge is 0.380 e. The number of hydrogen-bond acceptors (Lipinski definition) is 1. The van der Waals surface area contributed by atoms with Crippen LogP contribution in [0, 0.1) is 17.8 Å². The summed E-state index contributed by atoms with van der Waals surface area (Å²) in [5.41, 5.74) is 1.06. The van der Waals surface area contributed by atoms with Gasteiger partial charge < -0.3 is 4.74 Å². The summed E-state index contributed by atoms with van der Waals surface area (Å²) in [5.74, 6) is 6.57. The van der Waals surface area contributed by atoms with Crippen LogP contribution >= 0.6 is 0 Å². The first-order valence-corrected chi connectivity index (χ1v) is 4.83. The maximum absolute atomic E-state index is 5.20. The average Bonchev–Trinajstić information content (AvgIpc) is 2.26. The molecule has 0 bridgehead atoms. The summed E-state index contributed by atoms with van der Waals surface area (Å²) in [6.07, 6.45) is 0.186. The number of hydrogen-bond donors (Lipinski definition) is 0. The van der Waals surface area contributed by atoms with Crippen LogP contribution in [0.1, 0.15) is 19.4 Å². The molecular weight excluding hydrogens is 172 g/mol. The van der Waals surface area contributed by atoms with E-state index in [1.54, 1.807) is 7.11 Å². The van der Waals surface area contributed by atoms with Crippen molar-refractivity contribution in [1.82, 2.24) is 0 Å². The summed E-state index contributed by atoms with van der Waals surface area (Å²) in [6.45, 7) is 4.11. The molecule has 1 rings (SSSR count). The van der Waals surface area contributed by atoms with Crippen LogP contribution in [0.3, 0.4) is 0 Å². The maximum atomic E-state index is 5.20. The van der Waals surface area contributed by atoms with Crippen molar-refractivity contribution in [3.8, 4) is 11.8 Å². The van der Waals surface area contributed by atoms with Crippen LogP contribution in [-0.4, -0.2) is 13.2 Å². The fourth-order valence-corrected chi connectivity index (χ4v) is 1.04. The van der Waals surface area contributed by atoms with Crippen LogP contribution in [0.5, 0.6) is 0 Å². The minimum Gasteiger partial charge on any atom is -0.380 e. The highest BCUT2D eigenvalue weighted by Crippen LogP contribution is 2.04. The number of benzene rings is 1. The third kappa shape index (κ3) is 3.24. The van der Waals surface area contributed by atoms with Crippen molar-refractivity contribution in [2.24, 2.45) is 5.92 Å².